The third-order valence-electron chi connectivity index (χ3n) is 4.62. The minimum absolute atomic E-state index is 0.00360. The predicted octanol–water partition coefficient (Wildman–Crippen LogP) is 2.39. The maximum absolute atomic E-state index is 14.0. The Labute approximate surface area is 164 Å². The number of benzene rings is 1. The summed E-state index contributed by atoms with van der Waals surface area (Å²) in [5.74, 6) is -11.0. The van der Waals surface area contributed by atoms with Crippen molar-refractivity contribution >= 4 is 17.7 Å². The van der Waals surface area contributed by atoms with E-state index in [1.54, 1.807) is 0 Å². The minimum atomic E-state index is -1.53. The number of Topliss-reactive ketones (excluding diaryl/α,β-unsaturated/α-hetero) is 1. The van der Waals surface area contributed by atoms with Crippen molar-refractivity contribution in [3.05, 3.63) is 34.9 Å². The Bertz CT molecular complexity index is 757. The molecule has 0 aromatic heterocycles. The van der Waals surface area contributed by atoms with E-state index in [4.69, 9.17) is 9.47 Å². The lowest BCUT2D eigenvalue weighted by Gasteiger charge is -2.16. The normalized spacial score (nSPS) is 18.7. The Morgan fingerprint density at radius 2 is 1.55 bits per heavy atom. The number of ketones is 1. The second-order valence-corrected chi connectivity index (χ2v) is 6.50. The molecule has 0 amide bonds. The Balaban J connectivity index is 2.14. The molecule has 0 spiro atoms. The van der Waals surface area contributed by atoms with E-state index in [9.17, 15) is 31.9 Å². The maximum Gasteiger partial charge on any atom is 0.320 e. The number of nitrogens with one attached hydrogen (secondary N) is 1. The van der Waals surface area contributed by atoms with Crippen molar-refractivity contribution in [2.24, 2.45) is 5.92 Å². The second-order valence-electron chi connectivity index (χ2n) is 6.50. The van der Waals surface area contributed by atoms with Crippen LogP contribution in [-0.2, 0) is 23.9 Å². The van der Waals surface area contributed by atoms with Gasteiger partial charge in [0.2, 0.25) is 0 Å². The number of carbonyl (C=O) groups excluding carboxylic acids is 3. The van der Waals surface area contributed by atoms with Crippen LogP contribution >= 0.6 is 0 Å². The van der Waals surface area contributed by atoms with Gasteiger partial charge in [0.15, 0.2) is 35.0 Å². The van der Waals surface area contributed by atoms with Gasteiger partial charge in [0.25, 0.3) is 0 Å². The molecular formula is C19H21F4NO5. The second kappa shape index (κ2) is 9.82. The van der Waals surface area contributed by atoms with Gasteiger partial charge in [0.1, 0.15) is 0 Å². The Kier molecular flexibility index (Phi) is 7.72. The van der Waals surface area contributed by atoms with Gasteiger partial charge in [-0.3, -0.25) is 14.4 Å². The fraction of sp³-hybridized carbons (Fsp3) is 0.526. The highest BCUT2D eigenvalue weighted by molar-refractivity contribution is 6.00. The fourth-order valence-electron chi connectivity index (χ4n) is 3.24. The number of ether oxygens (including phenoxy) is 2. The molecule has 1 aliphatic heterocycles. The first-order valence-corrected chi connectivity index (χ1v) is 9.13. The zero-order chi connectivity index (χ0) is 21.7. The first kappa shape index (κ1) is 22.8. The molecule has 0 aliphatic carbocycles. The summed E-state index contributed by atoms with van der Waals surface area (Å²) in [6.45, 7) is 2.95. The summed E-state index contributed by atoms with van der Waals surface area (Å²) in [6, 6.07) is -0.848. The fourth-order valence-corrected chi connectivity index (χ4v) is 3.24. The number of hydrogen-bond acceptors (Lipinski definition) is 6. The number of rotatable bonds is 8. The van der Waals surface area contributed by atoms with Crippen LogP contribution in [0.2, 0.25) is 0 Å². The number of carbonyl (C=O) groups is 3. The van der Waals surface area contributed by atoms with Crippen molar-refractivity contribution in [2.45, 2.75) is 38.6 Å². The van der Waals surface area contributed by atoms with Gasteiger partial charge < -0.3 is 14.8 Å². The summed E-state index contributed by atoms with van der Waals surface area (Å²) >= 11 is 0. The quantitative estimate of drug-likeness (QED) is 0.302. The monoisotopic (exact) mass is 419 g/mol. The maximum atomic E-state index is 14.0. The lowest BCUT2D eigenvalue weighted by atomic mass is 9.91. The topological polar surface area (TPSA) is 81.7 Å². The highest BCUT2D eigenvalue weighted by atomic mass is 19.2. The van der Waals surface area contributed by atoms with Crippen molar-refractivity contribution in [2.75, 3.05) is 19.8 Å². The SMILES string of the molecule is CCOC(=O)C(CC(=O)C1C[C@H](c2c(F)c(F)cc(F)c2F)CN1)C(=O)OCC. The molecule has 0 radical (unpaired) electrons. The van der Waals surface area contributed by atoms with E-state index in [0.29, 0.717) is 0 Å². The molecule has 1 aromatic carbocycles. The zero-order valence-electron chi connectivity index (χ0n) is 15.9. The molecule has 1 heterocycles. The lowest BCUT2D eigenvalue weighted by molar-refractivity contribution is -0.163. The minimum Gasteiger partial charge on any atom is -0.465 e. The summed E-state index contributed by atoms with van der Waals surface area (Å²) in [7, 11) is 0. The number of esters is 2. The Morgan fingerprint density at radius 3 is 2.03 bits per heavy atom. The van der Waals surface area contributed by atoms with Gasteiger partial charge in [-0.1, -0.05) is 0 Å². The van der Waals surface area contributed by atoms with E-state index >= 15 is 0 Å². The summed E-state index contributed by atoms with van der Waals surface area (Å²) in [4.78, 5) is 36.5. The standard InChI is InChI=1S/C19H21F4NO5/c1-3-28-18(26)10(19(27)29-4-2)6-14(25)13-5-9(8-24-13)15-16(22)11(20)7-12(21)17(15)23/h7,9-10,13,24H,3-6,8H2,1-2H3/t9-,13?/m0/s1. The average Bonchev–Trinajstić information content (AvgIpc) is 3.14. The van der Waals surface area contributed by atoms with E-state index in [1.165, 1.54) is 13.8 Å². The summed E-state index contributed by atoms with van der Waals surface area (Å²) in [5.41, 5.74) is -0.780. The largest absolute Gasteiger partial charge is 0.465 e. The van der Waals surface area contributed by atoms with E-state index < -0.39 is 70.9 Å². The van der Waals surface area contributed by atoms with Crippen LogP contribution in [0.3, 0.4) is 0 Å². The van der Waals surface area contributed by atoms with Gasteiger partial charge in [0, 0.05) is 30.5 Å². The van der Waals surface area contributed by atoms with Crippen LogP contribution in [0.25, 0.3) is 0 Å². The molecule has 1 aromatic rings. The third kappa shape index (κ3) is 5.11. The number of hydrogen-bond donors (Lipinski definition) is 1. The molecular weight excluding hydrogens is 398 g/mol. The zero-order valence-corrected chi connectivity index (χ0v) is 15.9. The Hall–Kier alpha value is -2.49. The van der Waals surface area contributed by atoms with Crippen molar-refractivity contribution in [3.63, 3.8) is 0 Å². The average molecular weight is 419 g/mol. The molecule has 0 bridgehead atoms. The van der Waals surface area contributed by atoms with Crippen LogP contribution in [0.1, 0.15) is 38.2 Å². The third-order valence-corrected chi connectivity index (χ3v) is 4.62. The van der Waals surface area contributed by atoms with Crippen molar-refractivity contribution in [1.29, 1.82) is 0 Å². The molecule has 6 nitrogen and oxygen atoms in total. The predicted molar refractivity (Wildman–Crippen MR) is 91.8 cm³/mol. The van der Waals surface area contributed by atoms with E-state index in [-0.39, 0.29) is 32.2 Å². The molecule has 160 valence electrons. The molecule has 1 fully saturated rings. The van der Waals surface area contributed by atoms with Crippen molar-refractivity contribution < 1.29 is 41.4 Å². The highest BCUT2D eigenvalue weighted by Gasteiger charge is 2.39. The molecule has 29 heavy (non-hydrogen) atoms. The van der Waals surface area contributed by atoms with Gasteiger partial charge in [-0.15, -0.1) is 0 Å². The van der Waals surface area contributed by atoms with Crippen LogP contribution < -0.4 is 5.32 Å². The van der Waals surface area contributed by atoms with Crippen LogP contribution in [0.4, 0.5) is 17.6 Å². The van der Waals surface area contributed by atoms with E-state index in [1.807, 2.05) is 0 Å². The number of halogens is 4. The lowest BCUT2D eigenvalue weighted by Crippen LogP contribution is -2.37. The highest BCUT2D eigenvalue weighted by Crippen LogP contribution is 2.33. The molecule has 0 saturated carbocycles. The summed E-state index contributed by atoms with van der Waals surface area (Å²) in [6.07, 6.45) is -0.696. The molecule has 1 aliphatic rings. The van der Waals surface area contributed by atoms with Crippen LogP contribution in [0, 0.1) is 29.2 Å². The van der Waals surface area contributed by atoms with Gasteiger partial charge in [-0.2, -0.15) is 0 Å². The summed E-state index contributed by atoms with van der Waals surface area (Å²) in [5, 5.41) is 2.71. The van der Waals surface area contributed by atoms with Crippen LogP contribution in [0.5, 0.6) is 0 Å². The van der Waals surface area contributed by atoms with Gasteiger partial charge in [-0.05, 0) is 20.3 Å². The first-order chi connectivity index (χ1) is 13.7. The van der Waals surface area contributed by atoms with E-state index in [2.05, 4.69) is 5.32 Å². The van der Waals surface area contributed by atoms with Crippen molar-refractivity contribution in [1.82, 2.24) is 5.32 Å². The molecule has 1 N–H and O–H groups in total. The molecule has 10 heteroatoms. The Morgan fingerprint density at radius 1 is 1.03 bits per heavy atom. The van der Waals surface area contributed by atoms with Gasteiger partial charge in [-0.25, -0.2) is 17.6 Å². The van der Waals surface area contributed by atoms with Gasteiger partial charge >= 0.3 is 11.9 Å². The first-order valence-electron chi connectivity index (χ1n) is 9.13. The molecule has 1 saturated heterocycles. The molecule has 2 rings (SSSR count). The van der Waals surface area contributed by atoms with Crippen LogP contribution in [0.15, 0.2) is 6.07 Å². The van der Waals surface area contributed by atoms with Gasteiger partial charge in [0.05, 0.1) is 19.3 Å². The van der Waals surface area contributed by atoms with Crippen molar-refractivity contribution in [3.8, 4) is 0 Å². The molecule has 1 unspecified atom stereocenters. The molecule has 2 atom stereocenters. The summed E-state index contributed by atoms with van der Waals surface area (Å²) < 4.78 is 64.5. The van der Waals surface area contributed by atoms with Crippen LogP contribution in [-0.4, -0.2) is 43.5 Å². The smallest absolute Gasteiger partial charge is 0.320 e. The van der Waals surface area contributed by atoms with E-state index in [0.717, 1.165) is 0 Å².